The highest BCUT2D eigenvalue weighted by Crippen LogP contribution is 2.37. The highest BCUT2D eigenvalue weighted by Gasteiger charge is 2.42. The number of aliphatic hydroxyl groups is 1. The van der Waals surface area contributed by atoms with Gasteiger partial charge < -0.3 is 10.0 Å². The summed E-state index contributed by atoms with van der Waals surface area (Å²) in [6, 6.07) is 11.9. The second kappa shape index (κ2) is 7.72. The number of anilines is 1. The largest absolute Gasteiger partial charge is 0.395 e. The average molecular weight is 405 g/mol. The third-order valence-electron chi connectivity index (χ3n) is 4.37. The predicted octanol–water partition coefficient (Wildman–Crippen LogP) is 3.51. The fourth-order valence-electron chi connectivity index (χ4n) is 3.00. The topological polar surface area (TPSA) is 60.9 Å². The van der Waals surface area contributed by atoms with Crippen LogP contribution in [0.4, 0.5) is 5.69 Å². The van der Waals surface area contributed by atoms with Crippen molar-refractivity contribution in [1.82, 2.24) is 4.90 Å². The summed E-state index contributed by atoms with van der Waals surface area (Å²) >= 11 is 12.3. The van der Waals surface area contributed by atoms with Crippen LogP contribution in [0.15, 0.2) is 48.2 Å². The number of imide groups is 1. The Bertz CT molecular complexity index is 939. The van der Waals surface area contributed by atoms with E-state index in [-0.39, 0.29) is 29.4 Å². The molecule has 1 N–H and O–H groups in total. The van der Waals surface area contributed by atoms with Crippen molar-refractivity contribution in [3.63, 3.8) is 0 Å². The lowest BCUT2D eigenvalue weighted by molar-refractivity contribution is -0.120. The molecule has 0 saturated heterocycles. The van der Waals surface area contributed by atoms with Crippen LogP contribution >= 0.6 is 23.2 Å². The summed E-state index contributed by atoms with van der Waals surface area (Å²) in [5.41, 5.74) is 2.31. The maximum Gasteiger partial charge on any atom is 0.282 e. The standard InChI is InChI=1S/C20H18Cl2N2O3/c1-12-3-6-14(7-4-12)24-19(26)17(15-8-5-13(21)11-16(15)22)18(20(24)27)23(2)9-10-25/h3-8,11,25H,9-10H2,1-2H3. The van der Waals surface area contributed by atoms with Gasteiger partial charge in [0, 0.05) is 24.2 Å². The van der Waals surface area contributed by atoms with Crippen LogP contribution in [0.25, 0.3) is 5.57 Å². The minimum absolute atomic E-state index is 0.159. The van der Waals surface area contributed by atoms with Crippen LogP contribution in [0, 0.1) is 6.92 Å². The van der Waals surface area contributed by atoms with Crippen LogP contribution in [0.2, 0.25) is 10.0 Å². The molecule has 0 atom stereocenters. The molecular weight excluding hydrogens is 387 g/mol. The molecule has 1 aliphatic rings. The Hall–Kier alpha value is -2.34. The molecule has 3 rings (SSSR count). The molecule has 0 spiro atoms. The molecule has 1 aliphatic heterocycles. The highest BCUT2D eigenvalue weighted by molar-refractivity contribution is 6.47. The molecule has 0 aliphatic carbocycles. The van der Waals surface area contributed by atoms with Gasteiger partial charge in [0.15, 0.2) is 0 Å². The first-order valence-corrected chi connectivity index (χ1v) is 9.08. The number of nitrogens with zero attached hydrogens (tertiary/aromatic N) is 2. The Morgan fingerprint density at radius 2 is 1.70 bits per heavy atom. The van der Waals surface area contributed by atoms with Gasteiger partial charge in [-0.05, 0) is 31.2 Å². The van der Waals surface area contributed by atoms with Gasteiger partial charge in [0.25, 0.3) is 11.8 Å². The monoisotopic (exact) mass is 404 g/mol. The number of carbonyl (C=O) groups is 2. The first-order valence-electron chi connectivity index (χ1n) is 8.32. The lowest BCUT2D eigenvalue weighted by Crippen LogP contribution is -2.34. The second-order valence-electron chi connectivity index (χ2n) is 6.27. The molecule has 2 amide bonds. The van der Waals surface area contributed by atoms with Crippen molar-refractivity contribution in [1.29, 1.82) is 0 Å². The van der Waals surface area contributed by atoms with E-state index in [1.165, 1.54) is 6.07 Å². The first-order chi connectivity index (χ1) is 12.8. The molecule has 2 aromatic rings. The van der Waals surface area contributed by atoms with Gasteiger partial charge in [-0.25, -0.2) is 4.90 Å². The molecule has 0 radical (unpaired) electrons. The summed E-state index contributed by atoms with van der Waals surface area (Å²) in [4.78, 5) is 29.1. The Balaban J connectivity index is 2.16. The van der Waals surface area contributed by atoms with Crippen LogP contribution in [0.3, 0.4) is 0 Å². The minimum Gasteiger partial charge on any atom is -0.395 e. The van der Waals surface area contributed by atoms with E-state index < -0.39 is 11.8 Å². The number of hydrogen-bond acceptors (Lipinski definition) is 4. The molecular formula is C20H18Cl2N2O3. The summed E-state index contributed by atoms with van der Waals surface area (Å²) < 4.78 is 0. The summed E-state index contributed by atoms with van der Waals surface area (Å²) in [7, 11) is 1.65. The van der Waals surface area contributed by atoms with Crippen molar-refractivity contribution in [2.45, 2.75) is 6.92 Å². The molecule has 2 aromatic carbocycles. The fraction of sp³-hybridized carbons (Fsp3) is 0.200. The van der Waals surface area contributed by atoms with Gasteiger partial charge in [-0.15, -0.1) is 0 Å². The van der Waals surface area contributed by atoms with Crippen molar-refractivity contribution in [2.24, 2.45) is 0 Å². The number of amides is 2. The van der Waals surface area contributed by atoms with Gasteiger partial charge in [-0.1, -0.05) is 47.0 Å². The van der Waals surface area contributed by atoms with Crippen LogP contribution in [-0.4, -0.2) is 42.0 Å². The smallest absolute Gasteiger partial charge is 0.282 e. The van der Waals surface area contributed by atoms with Crippen molar-refractivity contribution in [2.75, 3.05) is 25.1 Å². The lowest BCUT2D eigenvalue weighted by atomic mass is 10.0. The van der Waals surface area contributed by atoms with E-state index in [9.17, 15) is 14.7 Å². The molecule has 7 heteroatoms. The Morgan fingerprint density at radius 1 is 1.04 bits per heavy atom. The molecule has 1 heterocycles. The Morgan fingerprint density at radius 3 is 2.30 bits per heavy atom. The van der Waals surface area contributed by atoms with Gasteiger partial charge in [0.1, 0.15) is 5.70 Å². The van der Waals surface area contributed by atoms with Crippen LogP contribution in [-0.2, 0) is 9.59 Å². The van der Waals surface area contributed by atoms with Gasteiger partial charge >= 0.3 is 0 Å². The van der Waals surface area contributed by atoms with Crippen molar-refractivity contribution in [3.8, 4) is 0 Å². The zero-order valence-corrected chi connectivity index (χ0v) is 16.4. The maximum atomic E-state index is 13.2. The number of aliphatic hydroxyl groups excluding tert-OH is 1. The molecule has 0 bridgehead atoms. The van der Waals surface area contributed by atoms with Crippen molar-refractivity contribution < 1.29 is 14.7 Å². The van der Waals surface area contributed by atoms with Crippen LogP contribution in [0.5, 0.6) is 0 Å². The summed E-state index contributed by atoms with van der Waals surface area (Å²) in [5.74, 6) is -0.923. The fourth-order valence-corrected chi connectivity index (χ4v) is 3.50. The average Bonchev–Trinajstić information content (AvgIpc) is 2.87. The molecule has 0 unspecified atom stereocenters. The van der Waals surface area contributed by atoms with E-state index in [1.807, 2.05) is 19.1 Å². The van der Waals surface area contributed by atoms with Gasteiger partial charge in [0.2, 0.25) is 0 Å². The zero-order chi connectivity index (χ0) is 19.7. The molecule has 0 fully saturated rings. The van der Waals surface area contributed by atoms with Crippen molar-refractivity contribution >= 4 is 46.3 Å². The van der Waals surface area contributed by atoms with Gasteiger partial charge in [-0.2, -0.15) is 0 Å². The number of carbonyl (C=O) groups excluding carboxylic acids is 2. The van der Waals surface area contributed by atoms with E-state index in [0.717, 1.165) is 10.5 Å². The molecule has 5 nitrogen and oxygen atoms in total. The molecule has 140 valence electrons. The Labute approximate surface area is 167 Å². The number of hydrogen-bond donors (Lipinski definition) is 1. The predicted molar refractivity (Wildman–Crippen MR) is 107 cm³/mol. The normalized spacial score (nSPS) is 14.3. The van der Waals surface area contributed by atoms with Crippen molar-refractivity contribution in [3.05, 3.63) is 69.3 Å². The summed E-state index contributed by atoms with van der Waals surface area (Å²) in [6.45, 7) is 1.97. The number of benzene rings is 2. The lowest BCUT2D eigenvalue weighted by Gasteiger charge is -2.20. The molecule has 0 saturated carbocycles. The number of likely N-dealkylation sites (N-methyl/N-ethyl adjacent to an activating group) is 1. The SMILES string of the molecule is Cc1ccc(N2C(=O)C(c3ccc(Cl)cc3Cl)=C(N(C)CCO)C2=O)cc1. The molecule has 27 heavy (non-hydrogen) atoms. The van der Waals surface area contributed by atoms with Crippen LogP contribution in [0.1, 0.15) is 11.1 Å². The van der Waals surface area contributed by atoms with E-state index in [2.05, 4.69) is 0 Å². The molecule has 0 aromatic heterocycles. The number of rotatable bonds is 5. The third kappa shape index (κ3) is 3.58. The summed E-state index contributed by atoms with van der Waals surface area (Å²) in [5, 5.41) is 10.0. The van der Waals surface area contributed by atoms with E-state index in [1.54, 1.807) is 36.2 Å². The van der Waals surface area contributed by atoms with E-state index in [4.69, 9.17) is 23.2 Å². The quantitative estimate of drug-likeness (QED) is 0.774. The first kappa shape index (κ1) is 19.4. The van der Waals surface area contributed by atoms with Gasteiger partial charge in [-0.3, -0.25) is 9.59 Å². The summed E-state index contributed by atoms with van der Waals surface area (Å²) in [6.07, 6.45) is 0. The number of aryl methyl sites for hydroxylation is 1. The maximum absolute atomic E-state index is 13.2. The highest BCUT2D eigenvalue weighted by atomic mass is 35.5. The van der Waals surface area contributed by atoms with E-state index in [0.29, 0.717) is 16.3 Å². The number of halogens is 2. The Kier molecular flexibility index (Phi) is 5.56. The second-order valence-corrected chi connectivity index (χ2v) is 7.12. The zero-order valence-electron chi connectivity index (χ0n) is 14.9. The minimum atomic E-state index is -0.465. The van der Waals surface area contributed by atoms with Gasteiger partial charge in [0.05, 0.1) is 22.9 Å². The van der Waals surface area contributed by atoms with E-state index >= 15 is 0 Å². The third-order valence-corrected chi connectivity index (χ3v) is 4.92. The van der Waals surface area contributed by atoms with Crippen LogP contribution < -0.4 is 4.90 Å².